The minimum absolute atomic E-state index is 0.192. The molecule has 1 amide bonds. The highest BCUT2D eigenvalue weighted by Crippen LogP contribution is 2.28. The van der Waals surface area contributed by atoms with Crippen molar-refractivity contribution in [1.82, 2.24) is 4.90 Å². The van der Waals surface area contributed by atoms with Crippen molar-refractivity contribution in [3.8, 4) is 11.5 Å². The second-order valence-corrected chi connectivity index (χ2v) is 4.17. The third-order valence-electron chi connectivity index (χ3n) is 2.94. The minimum atomic E-state index is -0.809. The monoisotopic (exact) mass is 239 g/mol. The number of hydrogen-bond donors (Lipinski definition) is 2. The lowest BCUT2D eigenvalue weighted by atomic mass is 10.1. The van der Waals surface area contributed by atoms with Crippen LogP contribution in [-0.4, -0.2) is 34.1 Å². The molecule has 0 aliphatic carbocycles. The minimum Gasteiger partial charge on any atom is -0.504 e. The molecule has 0 unspecified atom stereocenters. The number of hydrogen-bond acceptors (Lipinski definition) is 3. The van der Waals surface area contributed by atoms with Gasteiger partial charge in [-0.25, -0.2) is 4.39 Å². The molecule has 2 N–H and O–H groups in total. The zero-order chi connectivity index (χ0) is 12.4. The van der Waals surface area contributed by atoms with Gasteiger partial charge in [-0.2, -0.15) is 0 Å². The fraction of sp³-hybridized carbons (Fsp3) is 0.417. The molecule has 1 fully saturated rings. The Balaban J connectivity index is 2.26. The van der Waals surface area contributed by atoms with E-state index in [0.717, 1.165) is 31.4 Å². The van der Waals surface area contributed by atoms with Crippen molar-refractivity contribution in [2.24, 2.45) is 0 Å². The van der Waals surface area contributed by atoms with Gasteiger partial charge < -0.3 is 15.1 Å². The van der Waals surface area contributed by atoms with Gasteiger partial charge in [-0.1, -0.05) is 0 Å². The van der Waals surface area contributed by atoms with Crippen LogP contribution in [0.4, 0.5) is 4.39 Å². The van der Waals surface area contributed by atoms with Crippen LogP contribution in [0.3, 0.4) is 0 Å². The highest BCUT2D eigenvalue weighted by atomic mass is 19.1. The number of phenols is 2. The molecule has 1 aromatic rings. The molecule has 17 heavy (non-hydrogen) atoms. The average molecular weight is 239 g/mol. The van der Waals surface area contributed by atoms with Crippen molar-refractivity contribution < 1.29 is 19.4 Å². The zero-order valence-electron chi connectivity index (χ0n) is 9.32. The first kappa shape index (κ1) is 11.7. The fourth-order valence-electron chi connectivity index (χ4n) is 1.98. The maximum atomic E-state index is 13.5. The third kappa shape index (κ3) is 2.33. The van der Waals surface area contributed by atoms with E-state index in [4.69, 9.17) is 5.11 Å². The molecule has 1 aromatic carbocycles. The number of piperidine rings is 1. The van der Waals surface area contributed by atoms with E-state index in [1.54, 1.807) is 4.90 Å². The summed E-state index contributed by atoms with van der Waals surface area (Å²) in [6, 6.07) is 1.73. The van der Waals surface area contributed by atoms with Gasteiger partial charge in [0.15, 0.2) is 11.5 Å². The molecule has 0 bridgehead atoms. The number of amides is 1. The number of carbonyl (C=O) groups is 1. The van der Waals surface area contributed by atoms with Crippen LogP contribution < -0.4 is 0 Å². The normalized spacial score (nSPS) is 15.9. The van der Waals surface area contributed by atoms with E-state index in [-0.39, 0.29) is 5.56 Å². The SMILES string of the molecule is O=C(c1cc(O)c(O)cc1F)N1CCCCC1. The molecule has 5 heteroatoms. The molecule has 92 valence electrons. The molecule has 0 spiro atoms. The van der Waals surface area contributed by atoms with E-state index in [1.807, 2.05) is 0 Å². The van der Waals surface area contributed by atoms with Gasteiger partial charge in [0.2, 0.25) is 0 Å². The van der Waals surface area contributed by atoms with Gasteiger partial charge in [-0.3, -0.25) is 4.79 Å². The topological polar surface area (TPSA) is 60.8 Å². The molecule has 4 nitrogen and oxygen atoms in total. The predicted molar refractivity (Wildman–Crippen MR) is 59.5 cm³/mol. The number of halogens is 1. The maximum absolute atomic E-state index is 13.5. The highest BCUT2D eigenvalue weighted by molar-refractivity contribution is 5.95. The second kappa shape index (κ2) is 4.61. The average Bonchev–Trinajstić information content (AvgIpc) is 2.34. The van der Waals surface area contributed by atoms with E-state index in [1.165, 1.54) is 0 Å². The zero-order valence-corrected chi connectivity index (χ0v) is 9.32. The van der Waals surface area contributed by atoms with Gasteiger partial charge in [0.1, 0.15) is 5.82 Å². The number of nitrogens with zero attached hydrogens (tertiary/aromatic N) is 1. The van der Waals surface area contributed by atoms with E-state index in [2.05, 4.69) is 0 Å². The summed E-state index contributed by atoms with van der Waals surface area (Å²) in [6.45, 7) is 1.22. The Morgan fingerprint density at radius 1 is 1.12 bits per heavy atom. The molecular formula is C12H14FNO3. The molecule has 1 aliphatic heterocycles. The van der Waals surface area contributed by atoms with E-state index < -0.39 is 23.2 Å². The van der Waals surface area contributed by atoms with Crippen LogP contribution >= 0.6 is 0 Å². The number of benzene rings is 1. The highest BCUT2D eigenvalue weighted by Gasteiger charge is 2.22. The standard InChI is InChI=1S/C12H14FNO3/c13-9-7-11(16)10(15)6-8(9)12(17)14-4-2-1-3-5-14/h6-7,15-16H,1-5H2. The maximum Gasteiger partial charge on any atom is 0.256 e. The van der Waals surface area contributed by atoms with Crippen molar-refractivity contribution in [2.45, 2.75) is 19.3 Å². The lowest BCUT2D eigenvalue weighted by molar-refractivity contribution is 0.0719. The number of likely N-dealkylation sites (tertiary alicyclic amines) is 1. The van der Waals surface area contributed by atoms with Gasteiger partial charge in [-0.05, 0) is 25.3 Å². The Kier molecular flexibility index (Phi) is 3.17. The molecule has 1 saturated heterocycles. The summed E-state index contributed by atoms with van der Waals surface area (Å²) in [5.74, 6) is -2.28. The van der Waals surface area contributed by atoms with Crippen molar-refractivity contribution in [3.63, 3.8) is 0 Å². The molecule has 1 aliphatic rings. The van der Waals surface area contributed by atoms with E-state index in [0.29, 0.717) is 13.1 Å². The summed E-state index contributed by atoms with van der Waals surface area (Å²) < 4.78 is 13.5. The third-order valence-corrected chi connectivity index (χ3v) is 2.94. The quantitative estimate of drug-likeness (QED) is 0.735. The fourth-order valence-corrected chi connectivity index (χ4v) is 1.98. The van der Waals surface area contributed by atoms with E-state index in [9.17, 15) is 14.3 Å². The number of phenolic OH excluding ortho intramolecular Hbond substituents is 2. The van der Waals surface area contributed by atoms with Crippen molar-refractivity contribution in [2.75, 3.05) is 13.1 Å². The summed E-state index contributed by atoms with van der Waals surface area (Å²) in [5.41, 5.74) is -0.192. The van der Waals surface area contributed by atoms with Crippen molar-refractivity contribution >= 4 is 5.91 Å². The summed E-state index contributed by atoms with van der Waals surface area (Å²) in [4.78, 5) is 13.5. The molecule has 0 aromatic heterocycles. The van der Waals surface area contributed by atoms with Gasteiger partial charge in [-0.15, -0.1) is 0 Å². The van der Waals surface area contributed by atoms with Gasteiger partial charge in [0.25, 0.3) is 5.91 Å². The van der Waals surface area contributed by atoms with Crippen LogP contribution in [-0.2, 0) is 0 Å². The summed E-state index contributed by atoms with van der Waals surface area (Å²) in [5, 5.41) is 18.4. The number of carbonyl (C=O) groups excluding carboxylic acids is 1. The first-order chi connectivity index (χ1) is 8.09. The molecule has 0 atom stereocenters. The van der Waals surface area contributed by atoms with Gasteiger partial charge in [0.05, 0.1) is 5.56 Å². The Hall–Kier alpha value is -1.78. The molecule has 1 heterocycles. The molecular weight excluding hydrogens is 225 g/mol. The van der Waals surface area contributed by atoms with Crippen LogP contribution in [0.2, 0.25) is 0 Å². The summed E-state index contributed by atoms with van der Waals surface area (Å²) in [7, 11) is 0. The Labute approximate surface area is 98.3 Å². The lowest BCUT2D eigenvalue weighted by Crippen LogP contribution is -2.36. The number of aromatic hydroxyl groups is 2. The number of rotatable bonds is 1. The predicted octanol–water partition coefficient (Wildman–Crippen LogP) is 1.86. The van der Waals surface area contributed by atoms with Crippen molar-refractivity contribution in [3.05, 3.63) is 23.5 Å². The smallest absolute Gasteiger partial charge is 0.256 e. The summed E-state index contributed by atoms with van der Waals surface area (Å²) >= 11 is 0. The second-order valence-electron chi connectivity index (χ2n) is 4.17. The van der Waals surface area contributed by atoms with Crippen LogP contribution in [0, 0.1) is 5.82 Å². The van der Waals surface area contributed by atoms with Crippen LogP contribution in [0.15, 0.2) is 12.1 Å². The molecule has 0 saturated carbocycles. The van der Waals surface area contributed by atoms with Crippen LogP contribution in [0.5, 0.6) is 11.5 Å². The lowest BCUT2D eigenvalue weighted by Gasteiger charge is -2.26. The molecule has 2 rings (SSSR count). The largest absolute Gasteiger partial charge is 0.504 e. The summed E-state index contributed by atoms with van der Waals surface area (Å²) in [6.07, 6.45) is 2.90. The first-order valence-electron chi connectivity index (χ1n) is 5.60. The van der Waals surface area contributed by atoms with Crippen molar-refractivity contribution in [1.29, 1.82) is 0 Å². The van der Waals surface area contributed by atoms with Gasteiger partial charge >= 0.3 is 0 Å². The van der Waals surface area contributed by atoms with Gasteiger partial charge in [0, 0.05) is 19.2 Å². The Morgan fingerprint density at radius 3 is 2.35 bits per heavy atom. The van der Waals surface area contributed by atoms with Crippen LogP contribution in [0.25, 0.3) is 0 Å². The Bertz CT molecular complexity index is 442. The first-order valence-corrected chi connectivity index (χ1v) is 5.60. The van der Waals surface area contributed by atoms with Crippen LogP contribution in [0.1, 0.15) is 29.6 Å². The van der Waals surface area contributed by atoms with E-state index >= 15 is 0 Å². The molecule has 0 radical (unpaired) electrons. The Morgan fingerprint density at radius 2 is 1.71 bits per heavy atom.